The first-order chi connectivity index (χ1) is 16.6. The molecule has 35 heavy (non-hydrogen) atoms. The lowest BCUT2D eigenvalue weighted by molar-refractivity contribution is -0.140. The molecule has 0 spiro atoms. The number of carbonyl (C=O) groups is 2. The van der Waals surface area contributed by atoms with Crippen LogP contribution in [0.25, 0.3) is 0 Å². The molecule has 0 bridgehead atoms. The molecule has 1 aliphatic rings. The predicted molar refractivity (Wildman–Crippen MR) is 143 cm³/mol. The first-order valence-electron chi connectivity index (χ1n) is 12.0. The number of hydrogen-bond donors (Lipinski definition) is 1. The van der Waals surface area contributed by atoms with Gasteiger partial charge in [-0.25, -0.2) is 8.42 Å². The fourth-order valence-electron chi connectivity index (χ4n) is 4.54. The molecule has 1 N–H and O–H groups in total. The zero-order valence-electron chi connectivity index (χ0n) is 20.5. The van der Waals surface area contributed by atoms with Gasteiger partial charge in [-0.2, -0.15) is 0 Å². The minimum absolute atomic E-state index is 0.127. The normalized spacial score (nSPS) is 15.0. The summed E-state index contributed by atoms with van der Waals surface area (Å²) in [5, 5.41) is 3.11. The highest BCUT2D eigenvalue weighted by molar-refractivity contribution is 9.10. The van der Waals surface area contributed by atoms with Crippen molar-refractivity contribution in [2.45, 2.75) is 64.6 Å². The number of anilines is 1. The van der Waals surface area contributed by atoms with E-state index in [-0.39, 0.29) is 18.5 Å². The molecule has 0 heterocycles. The highest BCUT2D eigenvalue weighted by Crippen LogP contribution is 2.24. The number of nitrogens with zero attached hydrogens (tertiary/aromatic N) is 2. The number of nitrogens with one attached hydrogen (secondary N) is 1. The summed E-state index contributed by atoms with van der Waals surface area (Å²) in [6, 6.07) is 14.0. The maximum absolute atomic E-state index is 13.7. The van der Waals surface area contributed by atoms with Gasteiger partial charge in [-0.3, -0.25) is 13.9 Å². The molecule has 1 atom stereocenters. The van der Waals surface area contributed by atoms with Gasteiger partial charge in [0.05, 0.1) is 11.9 Å². The van der Waals surface area contributed by atoms with Crippen molar-refractivity contribution < 1.29 is 18.0 Å². The Bertz CT molecular complexity index is 1150. The molecule has 1 unspecified atom stereocenters. The van der Waals surface area contributed by atoms with E-state index >= 15 is 0 Å². The highest BCUT2D eigenvalue weighted by Gasteiger charge is 2.33. The van der Waals surface area contributed by atoms with Crippen LogP contribution in [0.2, 0.25) is 0 Å². The topological polar surface area (TPSA) is 86.8 Å². The van der Waals surface area contributed by atoms with Crippen molar-refractivity contribution in [2.75, 3.05) is 17.1 Å². The number of aryl methyl sites for hydroxylation is 1. The van der Waals surface area contributed by atoms with Crippen molar-refractivity contribution in [3.05, 3.63) is 64.1 Å². The lowest BCUT2D eigenvalue weighted by Gasteiger charge is -2.33. The summed E-state index contributed by atoms with van der Waals surface area (Å²) in [7, 11) is -3.75. The van der Waals surface area contributed by atoms with E-state index in [0.717, 1.165) is 47.4 Å². The van der Waals surface area contributed by atoms with Crippen LogP contribution >= 0.6 is 15.9 Å². The van der Waals surface area contributed by atoms with Gasteiger partial charge in [0.25, 0.3) is 0 Å². The second-order valence-electron chi connectivity index (χ2n) is 9.17. The van der Waals surface area contributed by atoms with Gasteiger partial charge < -0.3 is 10.2 Å². The van der Waals surface area contributed by atoms with Crippen LogP contribution < -0.4 is 9.62 Å². The number of halogens is 1. The molecule has 2 aromatic carbocycles. The quantitative estimate of drug-likeness (QED) is 0.464. The minimum atomic E-state index is -3.75. The Morgan fingerprint density at radius 1 is 1.11 bits per heavy atom. The highest BCUT2D eigenvalue weighted by atomic mass is 79.9. The summed E-state index contributed by atoms with van der Waals surface area (Å²) >= 11 is 3.37. The Labute approximate surface area is 217 Å². The van der Waals surface area contributed by atoms with Crippen LogP contribution in [0.3, 0.4) is 0 Å². The van der Waals surface area contributed by atoms with Crippen molar-refractivity contribution >= 4 is 43.5 Å². The summed E-state index contributed by atoms with van der Waals surface area (Å²) < 4.78 is 27.1. The largest absolute Gasteiger partial charge is 0.352 e. The van der Waals surface area contributed by atoms with E-state index in [9.17, 15) is 18.0 Å². The molecule has 2 aromatic rings. The zero-order chi connectivity index (χ0) is 25.6. The van der Waals surface area contributed by atoms with E-state index in [4.69, 9.17) is 0 Å². The first kappa shape index (κ1) is 27.2. The maximum Gasteiger partial charge on any atom is 0.244 e. The van der Waals surface area contributed by atoms with Gasteiger partial charge in [-0.15, -0.1) is 0 Å². The molecule has 9 heteroatoms. The summed E-state index contributed by atoms with van der Waals surface area (Å²) in [6.07, 6.45) is 5.56. The van der Waals surface area contributed by atoms with Crippen LogP contribution in [-0.4, -0.2) is 50.0 Å². The molecule has 1 fully saturated rings. The maximum atomic E-state index is 13.7. The second-order valence-corrected chi connectivity index (χ2v) is 12.0. The fourth-order valence-corrected chi connectivity index (χ4v) is 5.77. The van der Waals surface area contributed by atoms with E-state index in [1.165, 1.54) is 4.90 Å². The van der Waals surface area contributed by atoms with Crippen molar-refractivity contribution in [2.24, 2.45) is 0 Å². The third-order valence-corrected chi connectivity index (χ3v) is 7.93. The van der Waals surface area contributed by atoms with Crippen LogP contribution in [0.4, 0.5) is 5.69 Å². The minimum Gasteiger partial charge on any atom is -0.352 e. The molecule has 190 valence electrons. The summed E-state index contributed by atoms with van der Waals surface area (Å²) in [5.41, 5.74) is 2.32. The molecule has 0 aromatic heterocycles. The first-order valence-corrected chi connectivity index (χ1v) is 14.6. The summed E-state index contributed by atoms with van der Waals surface area (Å²) in [6.45, 7) is 3.66. The third-order valence-electron chi connectivity index (χ3n) is 6.30. The average Bonchev–Trinajstić information content (AvgIpc) is 3.29. The molecular weight excluding hydrogens is 530 g/mol. The van der Waals surface area contributed by atoms with Crippen molar-refractivity contribution in [3.63, 3.8) is 0 Å². The zero-order valence-corrected chi connectivity index (χ0v) is 22.9. The van der Waals surface area contributed by atoms with Gasteiger partial charge in [0.1, 0.15) is 12.6 Å². The van der Waals surface area contributed by atoms with Gasteiger partial charge >= 0.3 is 0 Å². The van der Waals surface area contributed by atoms with Crippen LogP contribution in [0.5, 0.6) is 0 Å². The molecule has 3 rings (SSSR count). The Morgan fingerprint density at radius 2 is 1.80 bits per heavy atom. The number of rotatable bonds is 10. The van der Waals surface area contributed by atoms with Crippen LogP contribution in [0, 0.1) is 6.92 Å². The fraction of sp³-hybridized carbons (Fsp3) is 0.462. The third kappa shape index (κ3) is 7.54. The van der Waals surface area contributed by atoms with E-state index in [2.05, 4.69) is 21.2 Å². The number of hydrogen-bond acceptors (Lipinski definition) is 4. The van der Waals surface area contributed by atoms with Crippen molar-refractivity contribution in [3.8, 4) is 0 Å². The van der Waals surface area contributed by atoms with Crippen molar-refractivity contribution in [1.82, 2.24) is 10.2 Å². The van der Waals surface area contributed by atoms with Gasteiger partial charge in [0.15, 0.2) is 0 Å². The molecule has 0 aliphatic heterocycles. The second kappa shape index (κ2) is 12.0. The molecule has 0 saturated heterocycles. The van der Waals surface area contributed by atoms with E-state index in [1.807, 2.05) is 38.1 Å². The van der Waals surface area contributed by atoms with Gasteiger partial charge in [0.2, 0.25) is 21.8 Å². The smallest absolute Gasteiger partial charge is 0.244 e. The number of sulfonamides is 1. The predicted octanol–water partition coefficient (Wildman–Crippen LogP) is 4.39. The monoisotopic (exact) mass is 563 g/mol. The van der Waals surface area contributed by atoms with Gasteiger partial charge in [-0.05, 0) is 49.9 Å². The summed E-state index contributed by atoms with van der Waals surface area (Å²) in [5.74, 6) is -0.612. The standard InChI is InChI=1S/C26H34BrN3O4S/c1-4-24(26(32)28-22-12-5-6-13-22)29(17-20-10-7-9-19(2)15-20)25(31)18-30(35(3,33)34)23-14-8-11-21(27)16-23/h7-11,14-16,22,24H,4-6,12-13,17-18H2,1-3H3,(H,28,32). The summed E-state index contributed by atoms with van der Waals surface area (Å²) in [4.78, 5) is 28.5. The van der Waals surface area contributed by atoms with Gasteiger partial charge in [0, 0.05) is 17.1 Å². The Morgan fingerprint density at radius 3 is 2.40 bits per heavy atom. The van der Waals surface area contributed by atoms with E-state index in [0.29, 0.717) is 16.6 Å². The molecule has 7 nitrogen and oxygen atoms in total. The van der Waals surface area contributed by atoms with Crippen LogP contribution in [0.1, 0.15) is 50.2 Å². The Hall–Kier alpha value is -2.39. The van der Waals surface area contributed by atoms with Crippen LogP contribution in [0.15, 0.2) is 53.0 Å². The molecule has 1 saturated carbocycles. The SMILES string of the molecule is CCC(C(=O)NC1CCCC1)N(Cc1cccc(C)c1)C(=O)CN(c1cccc(Br)c1)S(C)(=O)=O. The molecule has 2 amide bonds. The molecule has 0 radical (unpaired) electrons. The van der Waals surface area contributed by atoms with Crippen LogP contribution in [-0.2, 0) is 26.2 Å². The molecular formula is C26H34BrN3O4S. The van der Waals surface area contributed by atoms with Gasteiger partial charge in [-0.1, -0.05) is 71.6 Å². The number of carbonyl (C=O) groups excluding carboxylic acids is 2. The lowest BCUT2D eigenvalue weighted by Crippen LogP contribution is -2.53. The van der Waals surface area contributed by atoms with E-state index in [1.54, 1.807) is 24.3 Å². The Kier molecular flexibility index (Phi) is 9.35. The average molecular weight is 565 g/mol. The lowest BCUT2D eigenvalue weighted by atomic mass is 10.1. The van der Waals surface area contributed by atoms with E-state index < -0.39 is 28.5 Å². The van der Waals surface area contributed by atoms with Crippen molar-refractivity contribution in [1.29, 1.82) is 0 Å². The molecule has 1 aliphatic carbocycles. The Balaban J connectivity index is 1.92. The number of amides is 2. The number of benzene rings is 2.